The number of hydrogen-bond donors (Lipinski definition) is 2. The zero-order chi connectivity index (χ0) is 15.6. The molecular weight excluding hydrogens is 356 g/mol. The summed E-state index contributed by atoms with van der Waals surface area (Å²) >= 11 is 3.58. The van der Waals surface area contributed by atoms with Crippen molar-refractivity contribution in [3.05, 3.63) is 15.9 Å². The summed E-state index contributed by atoms with van der Waals surface area (Å²) in [6.07, 6.45) is 2.26. The van der Waals surface area contributed by atoms with Crippen LogP contribution in [0.5, 0.6) is 0 Å². The highest BCUT2D eigenvalue weighted by Gasteiger charge is 2.30. The minimum atomic E-state index is -2.83. The van der Waals surface area contributed by atoms with Crippen LogP contribution in [-0.4, -0.2) is 35.7 Å². The largest absolute Gasteiger partial charge is 0.271 e. The molecule has 6 nitrogen and oxygen atoms in total. The number of aromatic nitrogens is 2. The second-order valence-electron chi connectivity index (χ2n) is 5.73. The van der Waals surface area contributed by atoms with Gasteiger partial charge in [-0.05, 0) is 48.5 Å². The molecule has 2 rings (SSSR count). The van der Waals surface area contributed by atoms with Crippen LogP contribution in [0.4, 0.5) is 0 Å². The molecule has 1 aromatic rings. The number of sulfone groups is 1. The lowest BCUT2D eigenvalue weighted by molar-refractivity contribution is 0.399. The van der Waals surface area contributed by atoms with Gasteiger partial charge in [-0.25, -0.2) is 8.42 Å². The second kappa shape index (κ2) is 6.76. The van der Waals surface area contributed by atoms with E-state index in [1.807, 2.05) is 11.6 Å². The van der Waals surface area contributed by atoms with Crippen molar-refractivity contribution in [3.8, 4) is 0 Å². The van der Waals surface area contributed by atoms with Crippen LogP contribution in [0.2, 0.25) is 0 Å². The Morgan fingerprint density at radius 1 is 1.57 bits per heavy atom. The number of nitrogens with two attached hydrogens (primary N) is 1. The molecule has 2 atom stereocenters. The summed E-state index contributed by atoms with van der Waals surface area (Å²) in [6, 6.07) is 0.0565. The lowest BCUT2D eigenvalue weighted by atomic mass is 9.96. The van der Waals surface area contributed by atoms with Gasteiger partial charge in [-0.15, -0.1) is 0 Å². The quantitative estimate of drug-likeness (QED) is 0.572. The van der Waals surface area contributed by atoms with Gasteiger partial charge in [0.15, 0.2) is 9.84 Å². The Kier molecular flexibility index (Phi) is 5.45. The third-order valence-electron chi connectivity index (χ3n) is 4.07. The van der Waals surface area contributed by atoms with E-state index in [4.69, 9.17) is 5.84 Å². The topological polar surface area (TPSA) is 90.0 Å². The van der Waals surface area contributed by atoms with E-state index in [9.17, 15) is 8.42 Å². The molecule has 2 unspecified atom stereocenters. The van der Waals surface area contributed by atoms with E-state index in [0.717, 1.165) is 41.7 Å². The van der Waals surface area contributed by atoms with Crippen LogP contribution in [0, 0.1) is 12.8 Å². The SMILES string of the molecule is CCn1nc(C)c(Br)c1CC(CC1CCS(=O)(=O)C1)NN. The number of halogens is 1. The third kappa shape index (κ3) is 4.06. The lowest BCUT2D eigenvalue weighted by Gasteiger charge is -2.19. The van der Waals surface area contributed by atoms with E-state index in [-0.39, 0.29) is 12.0 Å². The van der Waals surface area contributed by atoms with Crippen molar-refractivity contribution in [1.82, 2.24) is 15.2 Å². The van der Waals surface area contributed by atoms with Crippen molar-refractivity contribution < 1.29 is 8.42 Å². The average molecular weight is 379 g/mol. The van der Waals surface area contributed by atoms with Crippen LogP contribution in [0.25, 0.3) is 0 Å². The fourth-order valence-electron chi connectivity index (χ4n) is 2.97. The maximum atomic E-state index is 11.6. The van der Waals surface area contributed by atoms with Gasteiger partial charge in [-0.2, -0.15) is 5.10 Å². The van der Waals surface area contributed by atoms with Crippen molar-refractivity contribution >= 4 is 25.8 Å². The predicted molar refractivity (Wildman–Crippen MR) is 86.5 cm³/mol. The normalized spacial score (nSPS) is 22.6. The van der Waals surface area contributed by atoms with Crippen molar-refractivity contribution in [2.75, 3.05) is 11.5 Å². The molecule has 0 saturated carbocycles. The van der Waals surface area contributed by atoms with Gasteiger partial charge in [0.25, 0.3) is 0 Å². The Morgan fingerprint density at radius 2 is 2.29 bits per heavy atom. The first-order valence-corrected chi connectivity index (χ1v) is 9.86. The minimum Gasteiger partial charge on any atom is -0.271 e. The van der Waals surface area contributed by atoms with Crippen LogP contribution in [0.3, 0.4) is 0 Å². The summed E-state index contributed by atoms with van der Waals surface area (Å²) in [5.74, 6) is 6.47. The molecule has 0 bridgehead atoms. The number of hydrogen-bond acceptors (Lipinski definition) is 5. The van der Waals surface area contributed by atoms with Crippen LogP contribution in [0.1, 0.15) is 31.2 Å². The molecule has 1 saturated heterocycles. The number of rotatable bonds is 6. The van der Waals surface area contributed by atoms with Gasteiger partial charge >= 0.3 is 0 Å². The smallest absolute Gasteiger partial charge is 0.150 e. The molecule has 2 heterocycles. The second-order valence-corrected chi connectivity index (χ2v) is 8.76. The molecule has 8 heteroatoms. The molecule has 0 amide bonds. The highest BCUT2D eigenvalue weighted by Crippen LogP contribution is 2.26. The summed E-state index contributed by atoms with van der Waals surface area (Å²) in [7, 11) is -2.83. The van der Waals surface area contributed by atoms with E-state index in [1.165, 1.54) is 0 Å². The van der Waals surface area contributed by atoms with Gasteiger partial charge in [0.05, 0.1) is 27.4 Å². The Labute approximate surface area is 134 Å². The fraction of sp³-hybridized carbons (Fsp3) is 0.769. The first-order chi connectivity index (χ1) is 9.86. The molecule has 0 aliphatic carbocycles. The van der Waals surface area contributed by atoms with Gasteiger partial charge in [-0.3, -0.25) is 16.0 Å². The maximum Gasteiger partial charge on any atom is 0.150 e. The number of hydrazine groups is 1. The fourth-order valence-corrected chi connectivity index (χ4v) is 5.29. The molecule has 21 heavy (non-hydrogen) atoms. The number of nitrogens with one attached hydrogen (secondary N) is 1. The lowest BCUT2D eigenvalue weighted by Crippen LogP contribution is -2.39. The van der Waals surface area contributed by atoms with Gasteiger partial charge in [0, 0.05) is 19.0 Å². The van der Waals surface area contributed by atoms with Gasteiger partial charge in [0.1, 0.15) is 0 Å². The molecule has 0 radical (unpaired) electrons. The predicted octanol–water partition coefficient (Wildman–Crippen LogP) is 1.17. The summed E-state index contributed by atoms with van der Waals surface area (Å²) in [5, 5.41) is 4.48. The first kappa shape index (κ1) is 16.9. The Balaban J connectivity index is 2.06. The summed E-state index contributed by atoms with van der Waals surface area (Å²) in [5.41, 5.74) is 4.91. The van der Waals surface area contributed by atoms with Crippen LogP contribution in [0.15, 0.2) is 4.47 Å². The molecule has 0 spiro atoms. The van der Waals surface area contributed by atoms with Crippen molar-refractivity contribution in [1.29, 1.82) is 0 Å². The van der Waals surface area contributed by atoms with Crippen molar-refractivity contribution in [3.63, 3.8) is 0 Å². The highest BCUT2D eigenvalue weighted by atomic mass is 79.9. The first-order valence-electron chi connectivity index (χ1n) is 7.24. The van der Waals surface area contributed by atoms with Crippen LogP contribution >= 0.6 is 15.9 Å². The molecule has 0 aromatic carbocycles. The molecular formula is C13H23BrN4O2S. The number of aryl methyl sites for hydroxylation is 2. The van der Waals surface area contributed by atoms with E-state index in [2.05, 4.69) is 33.4 Å². The molecule has 1 aliphatic rings. The van der Waals surface area contributed by atoms with E-state index in [0.29, 0.717) is 11.5 Å². The Hall–Kier alpha value is -0.440. The van der Waals surface area contributed by atoms with Gasteiger partial charge in [0.2, 0.25) is 0 Å². The third-order valence-corrected chi connectivity index (χ3v) is 6.94. The highest BCUT2D eigenvalue weighted by molar-refractivity contribution is 9.10. The molecule has 1 aliphatic heterocycles. The van der Waals surface area contributed by atoms with E-state index < -0.39 is 9.84 Å². The molecule has 1 aromatic heterocycles. The zero-order valence-corrected chi connectivity index (χ0v) is 14.9. The average Bonchev–Trinajstić information content (AvgIpc) is 2.91. The molecule has 1 fully saturated rings. The zero-order valence-electron chi connectivity index (χ0n) is 12.5. The monoisotopic (exact) mass is 378 g/mol. The van der Waals surface area contributed by atoms with Gasteiger partial charge < -0.3 is 0 Å². The Bertz CT molecular complexity index is 600. The maximum absolute atomic E-state index is 11.6. The summed E-state index contributed by atoms with van der Waals surface area (Å²) in [4.78, 5) is 0. The molecule has 3 N–H and O–H groups in total. The standard InChI is InChI=1S/C13H23BrN4O2S/c1-3-18-12(13(14)9(2)17-18)7-11(16-15)6-10-4-5-21(19,20)8-10/h10-11,16H,3-8,15H2,1-2H3. The Morgan fingerprint density at radius 3 is 2.81 bits per heavy atom. The molecule has 120 valence electrons. The van der Waals surface area contributed by atoms with E-state index >= 15 is 0 Å². The van der Waals surface area contributed by atoms with Crippen molar-refractivity contribution in [2.45, 2.75) is 45.7 Å². The summed E-state index contributed by atoms with van der Waals surface area (Å²) < 4.78 is 26.1. The number of nitrogens with zero attached hydrogens (tertiary/aromatic N) is 2. The van der Waals surface area contributed by atoms with Gasteiger partial charge in [-0.1, -0.05) is 0 Å². The summed E-state index contributed by atoms with van der Waals surface area (Å²) in [6.45, 7) is 4.82. The minimum absolute atomic E-state index is 0.0565. The van der Waals surface area contributed by atoms with Crippen LogP contribution in [-0.2, 0) is 22.8 Å². The van der Waals surface area contributed by atoms with Crippen LogP contribution < -0.4 is 11.3 Å². The van der Waals surface area contributed by atoms with E-state index in [1.54, 1.807) is 0 Å². The van der Waals surface area contributed by atoms with Crippen molar-refractivity contribution in [2.24, 2.45) is 11.8 Å².